The van der Waals surface area contributed by atoms with E-state index in [-0.39, 0.29) is 0 Å². The van der Waals surface area contributed by atoms with Gasteiger partial charge in [0.15, 0.2) is 0 Å². The van der Waals surface area contributed by atoms with Crippen molar-refractivity contribution in [2.24, 2.45) is 0 Å². The highest BCUT2D eigenvalue weighted by Crippen LogP contribution is 1.96. The second-order valence-corrected chi connectivity index (χ2v) is 3.93. The normalized spacial score (nSPS) is 12.7. The van der Waals surface area contributed by atoms with Gasteiger partial charge in [0.2, 0.25) is 0 Å². The summed E-state index contributed by atoms with van der Waals surface area (Å²) in [5.41, 5.74) is 1.35. The molecule has 0 aliphatic heterocycles. The van der Waals surface area contributed by atoms with Crippen LogP contribution in [0.4, 0.5) is 0 Å². The number of hydrogen-bond acceptors (Lipinski definition) is 2. The SMILES string of the molecule is CCC(C)NCCNCc1ccccc1. The number of benzene rings is 1. The summed E-state index contributed by atoms with van der Waals surface area (Å²) in [4.78, 5) is 0. The lowest BCUT2D eigenvalue weighted by Crippen LogP contribution is -2.32. The molecule has 0 aliphatic rings. The summed E-state index contributed by atoms with van der Waals surface area (Å²) < 4.78 is 0. The fourth-order valence-electron chi connectivity index (χ4n) is 1.38. The third kappa shape index (κ3) is 5.55. The van der Waals surface area contributed by atoms with Crippen LogP contribution >= 0.6 is 0 Å². The molecule has 0 heterocycles. The average molecular weight is 206 g/mol. The maximum atomic E-state index is 3.46. The molecular weight excluding hydrogens is 184 g/mol. The smallest absolute Gasteiger partial charge is 0.0206 e. The summed E-state index contributed by atoms with van der Waals surface area (Å²) in [5.74, 6) is 0. The van der Waals surface area contributed by atoms with Crippen molar-refractivity contribution >= 4 is 0 Å². The molecule has 0 saturated carbocycles. The molecule has 0 amide bonds. The quantitative estimate of drug-likeness (QED) is 0.668. The minimum absolute atomic E-state index is 0.628. The van der Waals surface area contributed by atoms with Gasteiger partial charge in [-0.25, -0.2) is 0 Å². The van der Waals surface area contributed by atoms with Crippen LogP contribution in [-0.2, 0) is 6.54 Å². The molecule has 1 unspecified atom stereocenters. The van der Waals surface area contributed by atoms with E-state index in [1.165, 1.54) is 12.0 Å². The standard InChI is InChI=1S/C13H22N2/c1-3-12(2)15-10-9-14-11-13-7-5-4-6-8-13/h4-8,12,14-15H,3,9-11H2,1-2H3. The second-order valence-electron chi connectivity index (χ2n) is 3.93. The average Bonchev–Trinajstić information content (AvgIpc) is 2.29. The minimum Gasteiger partial charge on any atom is -0.313 e. The Morgan fingerprint density at radius 1 is 1.13 bits per heavy atom. The van der Waals surface area contributed by atoms with Crippen molar-refractivity contribution in [3.05, 3.63) is 35.9 Å². The second kappa shape index (κ2) is 7.43. The summed E-state index contributed by atoms with van der Waals surface area (Å²) in [6.45, 7) is 7.45. The van der Waals surface area contributed by atoms with Gasteiger partial charge in [-0.2, -0.15) is 0 Å². The van der Waals surface area contributed by atoms with Gasteiger partial charge in [0, 0.05) is 25.7 Å². The molecule has 2 heteroatoms. The Kier molecular flexibility index (Phi) is 6.05. The molecule has 1 rings (SSSR count). The first-order valence-electron chi connectivity index (χ1n) is 5.81. The van der Waals surface area contributed by atoms with Gasteiger partial charge in [0.1, 0.15) is 0 Å². The van der Waals surface area contributed by atoms with Crippen LogP contribution in [0.3, 0.4) is 0 Å². The largest absolute Gasteiger partial charge is 0.313 e. The van der Waals surface area contributed by atoms with Crippen molar-refractivity contribution in [1.82, 2.24) is 10.6 Å². The molecule has 15 heavy (non-hydrogen) atoms. The van der Waals surface area contributed by atoms with Crippen LogP contribution in [0.1, 0.15) is 25.8 Å². The molecule has 0 radical (unpaired) electrons. The zero-order valence-electron chi connectivity index (χ0n) is 9.79. The number of rotatable bonds is 7. The van der Waals surface area contributed by atoms with Crippen LogP contribution < -0.4 is 10.6 Å². The van der Waals surface area contributed by atoms with Gasteiger partial charge < -0.3 is 10.6 Å². The topological polar surface area (TPSA) is 24.1 Å². The molecule has 84 valence electrons. The van der Waals surface area contributed by atoms with E-state index in [4.69, 9.17) is 0 Å². The zero-order valence-corrected chi connectivity index (χ0v) is 9.79. The number of hydrogen-bond donors (Lipinski definition) is 2. The predicted octanol–water partition coefficient (Wildman–Crippen LogP) is 2.16. The van der Waals surface area contributed by atoms with Gasteiger partial charge >= 0.3 is 0 Å². The highest BCUT2D eigenvalue weighted by Gasteiger charge is 1.95. The fraction of sp³-hybridized carbons (Fsp3) is 0.538. The Morgan fingerprint density at radius 2 is 1.87 bits per heavy atom. The summed E-state index contributed by atoms with van der Waals surface area (Å²) in [5, 5.41) is 6.87. The molecule has 0 spiro atoms. The highest BCUT2D eigenvalue weighted by atomic mass is 15.0. The molecule has 0 bridgehead atoms. The Hall–Kier alpha value is -0.860. The monoisotopic (exact) mass is 206 g/mol. The molecule has 0 fully saturated rings. The lowest BCUT2D eigenvalue weighted by atomic mass is 10.2. The van der Waals surface area contributed by atoms with Crippen LogP contribution in [0.2, 0.25) is 0 Å². The first-order chi connectivity index (χ1) is 7.33. The van der Waals surface area contributed by atoms with Crippen LogP contribution in [0.15, 0.2) is 30.3 Å². The van der Waals surface area contributed by atoms with Crippen molar-refractivity contribution in [3.8, 4) is 0 Å². The third-order valence-corrected chi connectivity index (χ3v) is 2.58. The first kappa shape index (κ1) is 12.2. The van der Waals surface area contributed by atoms with Crippen molar-refractivity contribution < 1.29 is 0 Å². The van der Waals surface area contributed by atoms with Crippen molar-refractivity contribution in [2.45, 2.75) is 32.9 Å². The summed E-state index contributed by atoms with van der Waals surface area (Å²) in [6.07, 6.45) is 1.19. The van der Waals surface area contributed by atoms with E-state index in [1.54, 1.807) is 0 Å². The van der Waals surface area contributed by atoms with E-state index in [0.29, 0.717) is 6.04 Å². The van der Waals surface area contributed by atoms with E-state index >= 15 is 0 Å². The van der Waals surface area contributed by atoms with Crippen LogP contribution in [0, 0.1) is 0 Å². The Bertz CT molecular complexity index is 246. The van der Waals surface area contributed by atoms with E-state index < -0.39 is 0 Å². The van der Waals surface area contributed by atoms with E-state index in [1.807, 2.05) is 6.07 Å². The Labute approximate surface area is 93.1 Å². The maximum absolute atomic E-state index is 3.46. The highest BCUT2D eigenvalue weighted by molar-refractivity contribution is 5.14. The molecule has 0 aromatic heterocycles. The fourth-order valence-corrected chi connectivity index (χ4v) is 1.38. The van der Waals surface area contributed by atoms with Gasteiger partial charge in [0.05, 0.1) is 0 Å². The molecule has 1 atom stereocenters. The summed E-state index contributed by atoms with van der Waals surface area (Å²) in [7, 11) is 0. The Morgan fingerprint density at radius 3 is 2.53 bits per heavy atom. The van der Waals surface area contributed by atoms with Crippen LogP contribution in [-0.4, -0.2) is 19.1 Å². The van der Waals surface area contributed by atoms with Crippen molar-refractivity contribution in [1.29, 1.82) is 0 Å². The van der Waals surface area contributed by atoms with Crippen molar-refractivity contribution in [2.75, 3.05) is 13.1 Å². The van der Waals surface area contributed by atoms with Crippen molar-refractivity contribution in [3.63, 3.8) is 0 Å². The number of nitrogens with one attached hydrogen (secondary N) is 2. The molecular formula is C13H22N2. The predicted molar refractivity (Wildman–Crippen MR) is 65.9 cm³/mol. The van der Waals surface area contributed by atoms with E-state index in [0.717, 1.165) is 19.6 Å². The lowest BCUT2D eigenvalue weighted by molar-refractivity contribution is 0.517. The van der Waals surface area contributed by atoms with Crippen LogP contribution in [0.25, 0.3) is 0 Å². The summed E-state index contributed by atoms with van der Waals surface area (Å²) >= 11 is 0. The maximum Gasteiger partial charge on any atom is 0.0206 e. The molecule has 2 N–H and O–H groups in total. The minimum atomic E-state index is 0.628. The molecule has 0 saturated heterocycles. The van der Waals surface area contributed by atoms with E-state index in [2.05, 4.69) is 48.7 Å². The third-order valence-electron chi connectivity index (χ3n) is 2.58. The Balaban J connectivity index is 2.03. The summed E-state index contributed by atoms with van der Waals surface area (Å²) in [6, 6.07) is 11.1. The lowest BCUT2D eigenvalue weighted by Gasteiger charge is -2.11. The van der Waals surface area contributed by atoms with Gasteiger partial charge in [-0.1, -0.05) is 37.3 Å². The molecule has 2 nitrogen and oxygen atoms in total. The molecule has 0 aliphatic carbocycles. The van der Waals surface area contributed by atoms with Gasteiger partial charge in [-0.15, -0.1) is 0 Å². The first-order valence-corrected chi connectivity index (χ1v) is 5.81. The van der Waals surface area contributed by atoms with Gasteiger partial charge in [-0.05, 0) is 18.9 Å². The van der Waals surface area contributed by atoms with Gasteiger partial charge in [-0.3, -0.25) is 0 Å². The zero-order chi connectivity index (χ0) is 10.9. The molecule has 1 aromatic rings. The van der Waals surface area contributed by atoms with Crippen LogP contribution in [0.5, 0.6) is 0 Å². The van der Waals surface area contributed by atoms with E-state index in [9.17, 15) is 0 Å². The molecule has 1 aromatic carbocycles. The van der Waals surface area contributed by atoms with Gasteiger partial charge in [0.25, 0.3) is 0 Å².